The summed E-state index contributed by atoms with van der Waals surface area (Å²) in [4.78, 5) is 5.62. The van der Waals surface area contributed by atoms with Crippen LogP contribution in [0.2, 0.25) is 0 Å². The van der Waals surface area contributed by atoms with Gasteiger partial charge in [-0.05, 0) is 46.4 Å². The second-order valence-electron chi connectivity index (χ2n) is 3.47. The zero-order valence-corrected chi connectivity index (χ0v) is 11.8. The molecule has 0 spiro atoms. The van der Waals surface area contributed by atoms with Crippen molar-refractivity contribution in [2.75, 3.05) is 6.54 Å². The molecule has 0 saturated carbocycles. The van der Waals surface area contributed by atoms with E-state index >= 15 is 0 Å². The van der Waals surface area contributed by atoms with Gasteiger partial charge in [-0.2, -0.15) is 0 Å². The van der Waals surface area contributed by atoms with Crippen LogP contribution in [0.25, 0.3) is 0 Å². The normalized spacial score (nSPS) is 11.8. The van der Waals surface area contributed by atoms with Crippen molar-refractivity contribution in [3.05, 3.63) is 50.6 Å². The molecule has 0 amide bonds. The average Bonchev–Trinajstić information content (AvgIpc) is 2.72. The molecule has 0 aliphatic carbocycles. The first-order valence-electron chi connectivity index (χ1n) is 5.29. The van der Waals surface area contributed by atoms with Crippen molar-refractivity contribution in [1.29, 1.82) is 0 Å². The largest absolute Gasteiger partial charge is 0.508 e. The number of rotatable bonds is 3. The molecule has 1 aromatic carbocycles. The molecule has 0 aliphatic heterocycles. The number of hydrogen-bond acceptors (Lipinski definition) is 3. The van der Waals surface area contributed by atoms with E-state index in [2.05, 4.69) is 20.9 Å². The van der Waals surface area contributed by atoms with E-state index in [1.54, 1.807) is 23.5 Å². The summed E-state index contributed by atoms with van der Waals surface area (Å²) in [6.07, 6.45) is 0. The monoisotopic (exact) mass is 309 g/mol. The number of halogens is 1. The molecule has 88 valence electrons. The molecule has 0 aliphatic rings. The van der Waals surface area contributed by atoms with Gasteiger partial charge in [0.1, 0.15) is 5.75 Å². The minimum Gasteiger partial charge on any atom is -0.508 e. The third kappa shape index (κ3) is 2.76. The van der Waals surface area contributed by atoms with Crippen molar-refractivity contribution in [1.82, 2.24) is 0 Å². The number of phenols is 1. The van der Waals surface area contributed by atoms with Gasteiger partial charge in [0, 0.05) is 16.6 Å². The fourth-order valence-corrected chi connectivity index (χ4v) is 3.16. The molecule has 0 fully saturated rings. The van der Waals surface area contributed by atoms with E-state index in [4.69, 9.17) is 0 Å². The highest BCUT2D eigenvalue weighted by molar-refractivity contribution is 9.10. The molecule has 1 aromatic heterocycles. The van der Waals surface area contributed by atoms with E-state index in [1.165, 1.54) is 0 Å². The molecule has 2 nitrogen and oxygen atoms in total. The highest BCUT2D eigenvalue weighted by Gasteiger charge is 2.12. The van der Waals surface area contributed by atoms with E-state index in [1.807, 2.05) is 30.5 Å². The number of aliphatic imine (C=N–C) groups is 1. The molecule has 0 radical (unpaired) electrons. The second kappa shape index (κ2) is 5.47. The van der Waals surface area contributed by atoms with Crippen molar-refractivity contribution in [3.8, 4) is 5.75 Å². The predicted molar refractivity (Wildman–Crippen MR) is 76.3 cm³/mol. The van der Waals surface area contributed by atoms with Crippen LogP contribution in [0, 0.1) is 0 Å². The molecule has 1 heterocycles. The van der Waals surface area contributed by atoms with Gasteiger partial charge >= 0.3 is 0 Å². The van der Waals surface area contributed by atoms with Gasteiger partial charge < -0.3 is 5.11 Å². The Labute approximate surface area is 113 Å². The zero-order valence-electron chi connectivity index (χ0n) is 9.35. The van der Waals surface area contributed by atoms with Gasteiger partial charge in [0.25, 0.3) is 0 Å². The van der Waals surface area contributed by atoms with Gasteiger partial charge in [-0.3, -0.25) is 4.99 Å². The molecule has 1 N–H and O–H groups in total. The Morgan fingerprint density at radius 2 is 2.24 bits per heavy atom. The summed E-state index contributed by atoms with van der Waals surface area (Å²) >= 11 is 5.16. The molecule has 0 saturated heterocycles. The van der Waals surface area contributed by atoms with E-state index in [0.29, 0.717) is 0 Å². The van der Waals surface area contributed by atoms with Gasteiger partial charge in [-0.1, -0.05) is 12.1 Å². The maximum absolute atomic E-state index is 9.53. The zero-order chi connectivity index (χ0) is 12.3. The molecule has 0 unspecified atom stereocenters. The van der Waals surface area contributed by atoms with Gasteiger partial charge in [-0.15, -0.1) is 11.3 Å². The van der Waals surface area contributed by atoms with Crippen molar-refractivity contribution in [2.24, 2.45) is 4.99 Å². The third-order valence-electron chi connectivity index (χ3n) is 2.27. The maximum Gasteiger partial charge on any atom is 0.116 e. The topological polar surface area (TPSA) is 32.6 Å². The van der Waals surface area contributed by atoms with Crippen molar-refractivity contribution in [3.63, 3.8) is 0 Å². The van der Waals surface area contributed by atoms with Crippen molar-refractivity contribution < 1.29 is 5.11 Å². The molecule has 0 atom stereocenters. The molecule has 17 heavy (non-hydrogen) atoms. The minimum atomic E-state index is 0.263. The van der Waals surface area contributed by atoms with Crippen molar-refractivity contribution in [2.45, 2.75) is 6.92 Å². The Hall–Kier alpha value is -1.13. The molecule has 2 aromatic rings. The van der Waals surface area contributed by atoms with E-state index in [-0.39, 0.29) is 5.75 Å². The van der Waals surface area contributed by atoms with Gasteiger partial charge in [0.05, 0.1) is 10.6 Å². The lowest BCUT2D eigenvalue weighted by Crippen LogP contribution is -2.02. The number of benzene rings is 1. The number of aromatic hydroxyl groups is 1. The van der Waals surface area contributed by atoms with Crippen LogP contribution in [0.5, 0.6) is 5.75 Å². The van der Waals surface area contributed by atoms with Gasteiger partial charge in [0.15, 0.2) is 0 Å². The van der Waals surface area contributed by atoms with E-state index < -0.39 is 0 Å². The summed E-state index contributed by atoms with van der Waals surface area (Å²) in [5.41, 5.74) is 1.86. The summed E-state index contributed by atoms with van der Waals surface area (Å²) < 4.78 is 1.04. The SMILES string of the molecule is CCN=C(c1cccc(O)c1)c1sccc1Br. The fraction of sp³-hybridized carbons (Fsp3) is 0.154. The van der Waals surface area contributed by atoms with Crippen LogP contribution in [-0.2, 0) is 0 Å². The molecular formula is C13H12BrNOS. The Morgan fingerprint density at radius 1 is 1.41 bits per heavy atom. The smallest absolute Gasteiger partial charge is 0.116 e. The van der Waals surface area contributed by atoms with Gasteiger partial charge in [-0.25, -0.2) is 0 Å². The standard InChI is InChI=1S/C13H12BrNOS/c1-2-15-12(13-11(14)6-7-17-13)9-4-3-5-10(16)8-9/h3-8,16H,2H2,1H3. The number of nitrogens with zero attached hydrogens (tertiary/aromatic N) is 1. The van der Waals surface area contributed by atoms with Crippen LogP contribution in [0.3, 0.4) is 0 Å². The first-order chi connectivity index (χ1) is 8.22. The summed E-state index contributed by atoms with van der Waals surface area (Å²) in [6.45, 7) is 2.72. The predicted octanol–water partition coefficient (Wildman–Crippen LogP) is 4.07. The van der Waals surface area contributed by atoms with Crippen LogP contribution < -0.4 is 0 Å². The van der Waals surface area contributed by atoms with Crippen LogP contribution >= 0.6 is 27.3 Å². The van der Waals surface area contributed by atoms with E-state index in [0.717, 1.165) is 27.2 Å². The second-order valence-corrected chi connectivity index (χ2v) is 5.24. The molecule has 0 bridgehead atoms. The Kier molecular flexibility index (Phi) is 3.97. The summed E-state index contributed by atoms with van der Waals surface area (Å²) in [6, 6.07) is 9.20. The maximum atomic E-state index is 9.53. The number of phenolic OH excluding ortho intramolecular Hbond substituents is 1. The summed E-state index contributed by atoms with van der Waals surface area (Å²) in [5.74, 6) is 0.263. The molecular weight excluding hydrogens is 298 g/mol. The minimum absolute atomic E-state index is 0.263. The van der Waals surface area contributed by atoms with Crippen LogP contribution in [0.4, 0.5) is 0 Å². The fourth-order valence-electron chi connectivity index (χ4n) is 1.57. The Morgan fingerprint density at radius 3 is 2.82 bits per heavy atom. The lowest BCUT2D eigenvalue weighted by atomic mass is 10.1. The van der Waals surface area contributed by atoms with E-state index in [9.17, 15) is 5.11 Å². The summed E-state index contributed by atoms with van der Waals surface area (Å²) in [7, 11) is 0. The number of hydrogen-bond donors (Lipinski definition) is 1. The third-order valence-corrected chi connectivity index (χ3v) is 4.11. The lowest BCUT2D eigenvalue weighted by Gasteiger charge is -2.06. The van der Waals surface area contributed by atoms with Crippen LogP contribution in [0.1, 0.15) is 17.4 Å². The average molecular weight is 310 g/mol. The Balaban J connectivity index is 2.51. The summed E-state index contributed by atoms with van der Waals surface area (Å²) in [5, 5.41) is 11.6. The quantitative estimate of drug-likeness (QED) is 0.852. The lowest BCUT2D eigenvalue weighted by molar-refractivity contribution is 0.475. The van der Waals surface area contributed by atoms with Crippen molar-refractivity contribution >= 4 is 33.0 Å². The van der Waals surface area contributed by atoms with Gasteiger partial charge in [0.2, 0.25) is 0 Å². The highest BCUT2D eigenvalue weighted by Crippen LogP contribution is 2.27. The first kappa shape index (κ1) is 12.3. The molecule has 4 heteroatoms. The highest BCUT2D eigenvalue weighted by atomic mass is 79.9. The van der Waals surface area contributed by atoms with Crippen LogP contribution in [0.15, 0.2) is 45.2 Å². The molecule has 2 rings (SSSR count). The number of thiophene rings is 1. The Bertz CT molecular complexity index is 548. The first-order valence-corrected chi connectivity index (χ1v) is 6.97. The van der Waals surface area contributed by atoms with Crippen LogP contribution in [-0.4, -0.2) is 17.4 Å².